The van der Waals surface area contributed by atoms with Crippen molar-refractivity contribution in [2.24, 2.45) is 0 Å². The van der Waals surface area contributed by atoms with Crippen LogP contribution in [0.3, 0.4) is 0 Å². The van der Waals surface area contributed by atoms with Crippen LogP contribution in [0.1, 0.15) is 17.0 Å². The summed E-state index contributed by atoms with van der Waals surface area (Å²) in [7, 11) is 0. The summed E-state index contributed by atoms with van der Waals surface area (Å²) in [5.41, 5.74) is 2.43. The van der Waals surface area contributed by atoms with E-state index in [0.717, 1.165) is 4.47 Å². The lowest BCUT2D eigenvalue weighted by molar-refractivity contribution is -0.0524. The lowest BCUT2D eigenvalue weighted by atomic mass is 9.91. The third-order valence-electron chi connectivity index (χ3n) is 3.31. The van der Waals surface area contributed by atoms with Crippen LogP contribution in [0, 0.1) is 0 Å². The molecule has 19 heavy (non-hydrogen) atoms. The smallest absolute Gasteiger partial charge is 0.168 e. The van der Waals surface area contributed by atoms with Crippen LogP contribution in [-0.2, 0) is 9.47 Å². The first-order valence-corrected chi connectivity index (χ1v) is 7.17. The third-order valence-corrected chi connectivity index (χ3v) is 3.84. The molecular weight excluding hydrogens is 304 g/mol. The number of hydrogen-bond donors (Lipinski definition) is 0. The molecule has 1 saturated heterocycles. The van der Waals surface area contributed by atoms with E-state index in [1.807, 2.05) is 6.07 Å². The number of benzene rings is 2. The molecule has 2 aromatic rings. The first-order valence-electron chi connectivity index (χ1n) is 6.38. The quantitative estimate of drug-likeness (QED) is 0.853. The fourth-order valence-electron chi connectivity index (χ4n) is 2.41. The average Bonchev–Trinajstić information content (AvgIpc) is 2.96. The summed E-state index contributed by atoms with van der Waals surface area (Å²) in [5.74, 6) is 0.122. The number of hydrogen-bond acceptors (Lipinski definition) is 2. The zero-order valence-corrected chi connectivity index (χ0v) is 12.0. The van der Waals surface area contributed by atoms with Gasteiger partial charge in [0.05, 0.1) is 19.1 Å². The highest BCUT2D eigenvalue weighted by Crippen LogP contribution is 2.32. The topological polar surface area (TPSA) is 18.5 Å². The summed E-state index contributed by atoms with van der Waals surface area (Å²) in [5, 5.41) is 0. The Morgan fingerprint density at radius 3 is 2.05 bits per heavy atom. The van der Waals surface area contributed by atoms with Crippen LogP contribution in [0.15, 0.2) is 59.1 Å². The number of rotatable bonds is 3. The van der Waals surface area contributed by atoms with E-state index in [9.17, 15) is 0 Å². The number of ether oxygens (including phenoxy) is 2. The summed E-state index contributed by atoms with van der Waals surface area (Å²) in [6.07, 6.45) is -0.191. The van der Waals surface area contributed by atoms with Gasteiger partial charge in [0.25, 0.3) is 0 Å². The Balaban J connectivity index is 1.98. The first-order chi connectivity index (χ1) is 9.34. The van der Waals surface area contributed by atoms with Crippen molar-refractivity contribution in [1.82, 2.24) is 0 Å². The Morgan fingerprint density at radius 2 is 1.42 bits per heavy atom. The van der Waals surface area contributed by atoms with Crippen LogP contribution in [0.4, 0.5) is 0 Å². The first kappa shape index (κ1) is 12.9. The van der Waals surface area contributed by atoms with E-state index in [4.69, 9.17) is 9.47 Å². The van der Waals surface area contributed by atoms with Crippen molar-refractivity contribution in [1.29, 1.82) is 0 Å². The van der Waals surface area contributed by atoms with Crippen molar-refractivity contribution in [3.63, 3.8) is 0 Å². The van der Waals surface area contributed by atoms with E-state index in [1.54, 1.807) is 0 Å². The van der Waals surface area contributed by atoms with Crippen LogP contribution in [0.5, 0.6) is 0 Å². The highest BCUT2D eigenvalue weighted by atomic mass is 79.9. The summed E-state index contributed by atoms with van der Waals surface area (Å²) < 4.78 is 12.5. The monoisotopic (exact) mass is 318 g/mol. The molecule has 0 radical (unpaired) electrons. The molecule has 0 amide bonds. The normalized spacial score (nSPS) is 17.5. The van der Waals surface area contributed by atoms with Crippen molar-refractivity contribution in [3.05, 3.63) is 70.2 Å². The van der Waals surface area contributed by atoms with Crippen molar-refractivity contribution >= 4 is 15.9 Å². The van der Waals surface area contributed by atoms with Crippen molar-refractivity contribution in [2.45, 2.75) is 12.2 Å². The van der Waals surface area contributed by atoms with Gasteiger partial charge in [-0.2, -0.15) is 0 Å². The molecule has 0 saturated carbocycles. The minimum absolute atomic E-state index is 0.122. The summed E-state index contributed by atoms with van der Waals surface area (Å²) in [6.45, 7) is 1.34. The molecular formula is C16H15BrO2. The van der Waals surface area contributed by atoms with Gasteiger partial charge in [-0.1, -0.05) is 58.4 Å². The maximum atomic E-state index is 5.72. The SMILES string of the molecule is Brc1ccc(C(c2ccccc2)C2OCCO2)cc1. The molecule has 1 unspecified atom stereocenters. The van der Waals surface area contributed by atoms with Gasteiger partial charge in [-0.15, -0.1) is 0 Å². The van der Waals surface area contributed by atoms with Crippen LogP contribution in [0.25, 0.3) is 0 Å². The summed E-state index contributed by atoms with van der Waals surface area (Å²) >= 11 is 3.47. The average molecular weight is 319 g/mol. The van der Waals surface area contributed by atoms with Gasteiger partial charge >= 0.3 is 0 Å². The van der Waals surface area contributed by atoms with Gasteiger partial charge in [0.15, 0.2) is 6.29 Å². The minimum atomic E-state index is -0.191. The van der Waals surface area contributed by atoms with Gasteiger partial charge < -0.3 is 9.47 Å². The van der Waals surface area contributed by atoms with Gasteiger partial charge in [-0.05, 0) is 23.3 Å². The zero-order chi connectivity index (χ0) is 13.1. The van der Waals surface area contributed by atoms with E-state index in [2.05, 4.69) is 64.5 Å². The second-order valence-corrected chi connectivity index (χ2v) is 5.47. The van der Waals surface area contributed by atoms with Gasteiger partial charge in [-0.3, -0.25) is 0 Å². The highest BCUT2D eigenvalue weighted by Gasteiger charge is 2.29. The number of halogens is 1. The van der Waals surface area contributed by atoms with Crippen molar-refractivity contribution in [2.75, 3.05) is 13.2 Å². The largest absolute Gasteiger partial charge is 0.349 e. The molecule has 0 spiro atoms. The predicted molar refractivity (Wildman–Crippen MR) is 78.1 cm³/mol. The zero-order valence-electron chi connectivity index (χ0n) is 10.5. The Hall–Kier alpha value is -1.16. The molecule has 98 valence electrons. The molecule has 1 atom stereocenters. The minimum Gasteiger partial charge on any atom is -0.349 e. The maximum Gasteiger partial charge on any atom is 0.168 e. The van der Waals surface area contributed by atoms with Gasteiger partial charge in [0.1, 0.15) is 0 Å². The third kappa shape index (κ3) is 2.89. The van der Waals surface area contributed by atoms with E-state index in [-0.39, 0.29) is 12.2 Å². The lowest BCUT2D eigenvalue weighted by Gasteiger charge is -2.23. The molecule has 0 aliphatic carbocycles. The summed E-state index contributed by atoms with van der Waals surface area (Å²) in [4.78, 5) is 0. The van der Waals surface area contributed by atoms with Crippen LogP contribution < -0.4 is 0 Å². The molecule has 2 nitrogen and oxygen atoms in total. The standard InChI is InChI=1S/C16H15BrO2/c17-14-8-6-13(7-9-14)15(16-18-10-11-19-16)12-4-2-1-3-5-12/h1-9,15-16H,10-11H2. The van der Waals surface area contributed by atoms with Crippen LogP contribution >= 0.6 is 15.9 Å². The Labute approximate surface area is 121 Å². The lowest BCUT2D eigenvalue weighted by Crippen LogP contribution is -2.20. The second-order valence-electron chi connectivity index (χ2n) is 4.55. The molecule has 1 heterocycles. The van der Waals surface area contributed by atoms with E-state index >= 15 is 0 Å². The molecule has 1 fully saturated rings. The van der Waals surface area contributed by atoms with Crippen molar-refractivity contribution in [3.8, 4) is 0 Å². The van der Waals surface area contributed by atoms with Gasteiger partial charge in [0.2, 0.25) is 0 Å². The predicted octanol–water partition coefficient (Wildman–Crippen LogP) is 3.95. The van der Waals surface area contributed by atoms with Crippen LogP contribution in [0.2, 0.25) is 0 Å². The molecule has 0 bridgehead atoms. The van der Waals surface area contributed by atoms with Crippen LogP contribution in [-0.4, -0.2) is 19.5 Å². The van der Waals surface area contributed by atoms with Gasteiger partial charge in [-0.25, -0.2) is 0 Å². The van der Waals surface area contributed by atoms with Gasteiger partial charge in [0, 0.05) is 4.47 Å². The molecule has 0 N–H and O–H groups in total. The molecule has 1 aliphatic heterocycles. The molecule has 1 aliphatic rings. The summed E-state index contributed by atoms with van der Waals surface area (Å²) in [6, 6.07) is 18.7. The molecule has 0 aromatic heterocycles. The molecule has 2 aromatic carbocycles. The van der Waals surface area contributed by atoms with E-state index < -0.39 is 0 Å². The fourth-order valence-corrected chi connectivity index (χ4v) is 2.67. The van der Waals surface area contributed by atoms with E-state index in [1.165, 1.54) is 11.1 Å². The Morgan fingerprint density at radius 1 is 0.842 bits per heavy atom. The molecule has 3 heteroatoms. The second kappa shape index (κ2) is 5.87. The maximum absolute atomic E-state index is 5.72. The van der Waals surface area contributed by atoms with Crippen molar-refractivity contribution < 1.29 is 9.47 Å². The van der Waals surface area contributed by atoms with E-state index in [0.29, 0.717) is 13.2 Å². The Bertz CT molecular complexity index is 518. The Kier molecular flexibility index (Phi) is 3.97. The molecule has 3 rings (SSSR count). The highest BCUT2D eigenvalue weighted by molar-refractivity contribution is 9.10. The fraction of sp³-hybridized carbons (Fsp3) is 0.250.